The van der Waals surface area contributed by atoms with Crippen molar-refractivity contribution in [1.29, 1.82) is 0 Å². The van der Waals surface area contributed by atoms with E-state index in [0.29, 0.717) is 23.3 Å². The third kappa shape index (κ3) is 7.96. The van der Waals surface area contributed by atoms with Crippen molar-refractivity contribution in [2.45, 2.75) is 33.4 Å². The van der Waals surface area contributed by atoms with E-state index in [4.69, 9.17) is 0 Å². The molecule has 0 atom stereocenters. The van der Waals surface area contributed by atoms with Crippen LogP contribution in [0.1, 0.15) is 13.8 Å². The molecule has 5 rings (SSSR count). The number of H-pyrrole nitrogens is 2. The molecule has 0 spiro atoms. The molecule has 0 saturated heterocycles. The van der Waals surface area contributed by atoms with Crippen molar-refractivity contribution in [2.24, 2.45) is 0 Å². The van der Waals surface area contributed by atoms with Gasteiger partial charge < -0.3 is 19.1 Å². The minimum absolute atomic E-state index is 0. The molecule has 0 saturated carbocycles. The topological polar surface area (TPSA) is 280 Å². The fourth-order valence-electron chi connectivity index (χ4n) is 3.86. The maximum Gasteiger partial charge on any atom is 1.00 e. The van der Waals surface area contributed by atoms with E-state index >= 15 is 0 Å². The van der Waals surface area contributed by atoms with Crippen molar-refractivity contribution in [1.82, 2.24) is 19.9 Å². The Kier molecular flexibility index (Phi) is 11.8. The quantitative estimate of drug-likeness (QED) is 0.0972. The molecular weight excluding hydrogens is 687 g/mol. The molecule has 0 bridgehead atoms. The van der Waals surface area contributed by atoms with Gasteiger partial charge in [-0.2, -0.15) is 16.8 Å². The van der Waals surface area contributed by atoms with E-state index < -0.39 is 60.1 Å². The summed E-state index contributed by atoms with van der Waals surface area (Å²) >= 11 is 0. The minimum Gasteiger partial charge on any atom is -0.744 e. The molecule has 0 radical (unpaired) electrons. The summed E-state index contributed by atoms with van der Waals surface area (Å²) in [7, 11) is -20.1. The predicted octanol–water partition coefficient (Wildman–Crippen LogP) is -3.89. The second-order valence-electron chi connectivity index (χ2n) is 8.24. The first-order valence-corrected chi connectivity index (χ1v) is 17.1. The van der Waals surface area contributed by atoms with Crippen LogP contribution < -0.4 is 59.1 Å². The van der Waals surface area contributed by atoms with Gasteiger partial charge in [0.2, 0.25) is 0 Å². The van der Waals surface area contributed by atoms with E-state index in [2.05, 4.69) is 19.9 Å². The van der Waals surface area contributed by atoms with Gasteiger partial charge in [0.15, 0.2) is 0 Å². The number of hydrogen-bond acceptors (Lipinski definition) is 12. The molecule has 0 unspecified atom stereocenters. The van der Waals surface area contributed by atoms with Crippen LogP contribution in [0.4, 0.5) is 0 Å². The van der Waals surface area contributed by atoms with Crippen LogP contribution in [0, 0.1) is 0 Å². The number of fused-ring (bicyclic) bond motifs is 2. The third-order valence-corrected chi connectivity index (χ3v) is 8.98. The van der Waals surface area contributed by atoms with Gasteiger partial charge in [0, 0.05) is 11.1 Å². The van der Waals surface area contributed by atoms with Gasteiger partial charge in [-0.15, -0.1) is 0 Å². The van der Waals surface area contributed by atoms with Crippen LogP contribution in [-0.4, -0.2) is 71.8 Å². The van der Waals surface area contributed by atoms with E-state index in [9.17, 15) is 51.9 Å². The van der Waals surface area contributed by atoms with Crippen molar-refractivity contribution in [2.75, 3.05) is 0 Å². The zero-order valence-corrected chi connectivity index (χ0v) is 30.4. The molecule has 5 aromatic rings. The Hall–Kier alpha value is -1.76. The maximum atomic E-state index is 11.7. The third-order valence-electron chi connectivity index (χ3n) is 5.62. The number of rotatable bonds is 6. The summed E-state index contributed by atoms with van der Waals surface area (Å²) in [6.45, 7) is 4.00. The van der Waals surface area contributed by atoms with Crippen LogP contribution in [0.15, 0.2) is 68.1 Å². The molecule has 44 heavy (non-hydrogen) atoms. The zero-order valence-electron chi connectivity index (χ0n) is 23.1. The smallest absolute Gasteiger partial charge is 0.744 e. The maximum absolute atomic E-state index is 11.7. The van der Waals surface area contributed by atoms with Gasteiger partial charge in [-0.1, -0.05) is 38.1 Å². The average molecular weight is 705 g/mol. The Morgan fingerprint density at radius 2 is 0.886 bits per heavy atom. The number of aromatic nitrogens is 4. The molecule has 0 aliphatic carbocycles. The number of aromatic amines is 2. The number of nitrogens with zero attached hydrogens (tertiary/aromatic N) is 2. The normalized spacial score (nSPS) is 12.2. The molecule has 224 valence electrons. The molecule has 16 nitrogen and oxygen atoms in total. The second-order valence-corrected chi connectivity index (χ2v) is 13.8. The summed E-state index contributed by atoms with van der Waals surface area (Å²) in [6, 6.07) is 8.49. The number of imidazole rings is 2. The standard InChI is InChI=1S/C20H14N4O12S4.C2H6.2Na/c25-37(26,27)11-5-13-17(15(7-11)39(31,32)33)23-19(21-13)9-1-2-10(4-3-9)20-22-14-6-12(38(28,29)30)8-16(18(14)24-20)40(34,35)36;1-2;;/h1-8H,(H,21,23)(H,22,24)(H,25,26,27)(H,28,29,30)(H,31,32,33)(H,34,35,36);1-2H3;;/q;;2*+1/p-2. The summed E-state index contributed by atoms with van der Waals surface area (Å²) < 4.78 is 135. The Morgan fingerprint density at radius 3 is 1.14 bits per heavy atom. The van der Waals surface area contributed by atoms with Crippen LogP contribution in [-0.2, 0) is 40.5 Å². The molecular formula is C22H18N4Na2O12S4. The molecule has 4 N–H and O–H groups in total. The summed E-state index contributed by atoms with van der Waals surface area (Å²) in [5.41, 5.74) is -0.506. The molecule has 2 heterocycles. The molecule has 0 fully saturated rings. The molecule has 0 aliphatic rings. The first kappa shape index (κ1) is 38.4. The Morgan fingerprint density at radius 1 is 0.591 bits per heavy atom. The van der Waals surface area contributed by atoms with E-state index in [1.807, 2.05) is 13.8 Å². The predicted molar refractivity (Wildman–Crippen MR) is 144 cm³/mol. The summed E-state index contributed by atoms with van der Waals surface area (Å²) in [4.78, 5) is 9.81. The number of hydrogen-bond donors (Lipinski definition) is 4. The molecule has 0 aliphatic heterocycles. The molecule has 22 heteroatoms. The fourth-order valence-corrected chi connectivity index (χ4v) is 6.40. The van der Waals surface area contributed by atoms with Crippen molar-refractivity contribution < 1.29 is 111 Å². The fraction of sp³-hybridized carbons (Fsp3) is 0.0909. The van der Waals surface area contributed by atoms with E-state index in [1.54, 1.807) is 0 Å². The van der Waals surface area contributed by atoms with Crippen molar-refractivity contribution in [3.8, 4) is 22.8 Å². The Labute approximate surface area is 295 Å². The zero-order chi connectivity index (χ0) is 31.4. The van der Waals surface area contributed by atoms with Crippen LogP contribution in [0.5, 0.6) is 0 Å². The number of nitrogens with one attached hydrogen (secondary N) is 2. The largest absolute Gasteiger partial charge is 1.00 e. The molecule has 3 aromatic carbocycles. The van der Waals surface area contributed by atoms with E-state index in [0.717, 1.165) is 12.1 Å². The van der Waals surface area contributed by atoms with Crippen LogP contribution >= 0.6 is 0 Å². The summed E-state index contributed by atoms with van der Waals surface area (Å²) in [5.74, 6) is 0.00199. The van der Waals surface area contributed by atoms with Crippen LogP contribution in [0.25, 0.3) is 44.8 Å². The van der Waals surface area contributed by atoms with Gasteiger partial charge in [0.05, 0.1) is 30.6 Å². The average Bonchev–Trinajstić information content (AvgIpc) is 3.51. The van der Waals surface area contributed by atoms with Crippen molar-refractivity contribution in [3.63, 3.8) is 0 Å². The first-order chi connectivity index (χ1) is 19.3. The van der Waals surface area contributed by atoms with Gasteiger partial charge in [0.25, 0.3) is 20.2 Å². The monoisotopic (exact) mass is 704 g/mol. The van der Waals surface area contributed by atoms with Crippen LogP contribution in [0.3, 0.4) is 0 Å². The van der Waals surface area contributed by atoms with Gasteiger partial charge in [-0.25, -0.2) is 26.8 Å². The SMILES string of the molecule is CC.O=S(=O)([O-])c1cc(S(=O)(=O)O)cc2[nH]c(-c3ccc(-c4nc5c(S(=O)(=O)[O-])cc(S(=O)(=O)O)cc5[nH]4)cc3)nc12.[Na+].[Na+]. The first-order valence-electron chi connectivity index (χ1n) is 11.4. The van der Waals surface area contributed by atoms with Gasteiger partial charge in [-0.3, -0.25) is 9.11 Å². The van der Waals surface area contributed by atoms with E-state index in [-0.39, 0.29) is 92.8 Å². The van der Waals surface area contributed by atoms with Crippen molar-refractivity contribution in [3.05, 3.63) is 48.5 Å². The van der Waals surface area contributed by atoms with Gasteiger partial charge >= 0.3 is 59.1 Å². The van der Waals surface area contributed by atoms with Gasteiger partial charge in [-0.05, 0) is 24.3 Å². The van der Waals surface area contributed by atoms with Crippen molar-refractivity contribution >= 4 is 62.5 Å². The summed E-state index contributed by atoms with van der Waals surface area (Å²) in [6.07, 6.45) is 0. The Bertz CT molecular complexity index is 2150. The molecule has 2 aromatic heterocycles. The Balaban J connectivity index is 0.00000165. The number of benzene rings is 3. The van der Waals surface area contributed by atoms with Crippen LogP contribution in [0.2, 0.25) is 0 Å². The second kappa shape index (κ2) is 13.5. The van der Waals surface area contributed by atoms with E-state index in [1.165, 1.54) is 24.3 Å². The molecule has 0 amide bonds. The van der Waals surface area contributed by atoms with Gasteiger partial charge in [0.1, 0.15) is 42.9 Å². The minimum atomic E-state index is -5.20. The summed E-state index contributed by atoms with van der Waals surface area (Å²) in [5, 5.41) is 0.